The number of carboxylic acids is 1. The minimum atomic E-state index is -1.21. The lowest BCUT2D eigenvalue weighted by molar-refractivity contribution is -0.139. The van der Waals surface area contributed by atoms with E-state index in [1.807, 2.05) is 0 Å². The summed E-state index contributed by atoms with van der Waals surface area (Å²) in [6.45, 7) is 0. The molecule has 0 bridgehead atoms. The van der Waals surface area contributed by atoms with Crippen LogP contribution in [0, 0.1) is 11.6 Å². The first-order valence-electron chi connectivity index (χ1n) is 5.43. The van der Waals surface area contributed by atoms with Crippen LogP contribution in [0.1, 0.15) is 16.8 Å². The molecule has 1 atom stereocenters. The Bertz CT molecular complexity index is 482. The molecule has 1 aromatic rings. The third-order valence-electron chi connectivity index (χ3n) is 2.39. The summed E-state index contributed by atoms with van der Waals surface area (Å²) in [5.41, 5.74) is -0.504. The van der Waals surface area contributed by atoms with Crippen LogP contribution >= 0.6 is 11.8 Å². The van der Waals surface area contributed by atoms with E-state index >= 15 is 0 Å². The van der Waals surface area contributed by atoms with Crippen molar-refractivity contribution in [2.24, 2.45) is 0 Å². The standard InChI is InChI=1S/C12H13F2NO3S/c1-19-5-4-10(12(17)18)15-11(16)8-6-7(13)2-3-9(8)14/h2-3,6,10H,4-5H2,1H3,(H,15,16)(H,17,18)/t10-/m0/s1. The minimum Gasteiger partial charge on any atom is -0.480 e. The zero-order valence-electron chi connectivity index (χ0n) is 10.2. The number of carbonyl (C=O) groups excluding carboxylic acids is 1. The summed E-state index contributed by atoms with van der Waals surface area (Å²) in [5, 5.41) is 11.1. The Labute approximate surface area is 113 Å². The van der Waals surface area contributed by atoms with Crippen LogP contribution in [0.15, 0.2) is 18.2 Å². The summed E-state index contributed by atoms with van der Waals surface area (Å²) in [5.74, 6) is -3.27. The number of halogens is 2. The van der Waals surface area contributed by atoms with Crippen LogP contribution in [-0.4, -0.2) is 35.0 Å². The fourth-order valence-electron chi connectivity index (χ4n) is 1.40. The van der Waals surface area contributed by atoms with E-state index in [9.17, 15) is 18.4 Å². The molecule has 7 heteroatoms. The van der Waals surface area contributed by atoms with Crippen LogP contribution in [0.2, 0.25) is 0 Å². The van der Waals surface area contributed by atoms with Crippen molar-refractivity contribution in [1.29, 1.82) is 0 Å². The molecule has 0 aliphatic carbocycles. The number of nitrogens with one attached hydrogen (secondary N) is 1. The largest absolute Gasteiger partial charge is 0.480 e. The van der Waals surface area contributed by atoms with Crippen molar-refractivity contribution in [2.75, 3.05) is 12.0 Å². The fourth-order valence-corrected chi connectivity index (χ4v) is 1.87. The summed E-state index contributed by atoms with van der Waals surface area (Å²) >= 11 is 1.43. The summed E-state index contributed by atoms with van der Waals surface area (Å²) in [7, 11) is 0. The van der Waals surface area contributed by atoms with Gasteiger partial charge in [0, 0.05) is 0 Å². The van der Waals surface area contributed by atoms with Gasteiger partial charge in [-0.05, 0) is 36.6 Å². The monoisotopic (exact) mass is 289 g/mol. The quantitative estimate of drug-likeness (QED) is 0.839. The molecule has 4 nitrogen and oxygen atoms in total. The van der Waals surface area contributed by atoms with Gasteiger partial charge in [0.15, 0.2) is 0 Å². The predicted octanol–water partition coefficient (Wildman–Crippen LogP) is 1.90. The Morgan fingerprint density at radius 2 is 2.11 bits per heavy atom. The van der Waals surface area contributed by atoms with Gasteiger partial charge in [-0.1, -0.05) is 0 Å². The molecule has 0 unspecified atom stereocenters. The number of carbonyl (C=O) groups is 2. The van der Waals surface area contributed by atoms with Crippen molar-refractivity contribution in [2.45, 2.75) is 12.5 Å². The molecule has 0 saturated heterocycles. The van der Waals surface area contributed by atoms with E-state index in [4.69, 9.17) is 5.11 Å². The maximum Gasteiger partial charge on any atom is 0.326 e. The maximum absolute atomic E-state index is 13.3. The number of aliphatic carboxylic acids is 1. The van der Waals surface area contributed by atoms with Crippen molar-refractivity contribution in [3.63, 3.8) is 0 Å². The van der Waals surface area contributed by atoms with Crippen molar-refractivity contribution in [3.8, 4) is 0 Å². The Balaban J connectivity index is 2.81. The predicted molar refractivity (Wildman–Crippen MR) is 68.2 cm³/mol. The second kappa shape index (κ2) is 7.08. The van der Waals surface area contributed by atoms with Gasteiger partial charge in [0.05, 0.1) is 5.56 Å². The lowest BCUT2D eigenvalue weighted by Gasteiger charge is -2.14. The number of hydrogen-bond donors (Lipinski definition) is 2. The van der Waals surface area contributed by atoms with Crippen LogP contribution in [-0.2, 0) is 4.79 Å². The molecule has 1 amide bonds. The van der Waals surface area contributed by atoms with Crippen LogP contribution in [0.5, 0.6) is 0 Å². The fraction of sp³-hybridized carbons (Fsp3) is 0.333. The third-order valence-corrected chi connectivity index (χ3v) is 3.03. The number of thioether (sulfide) groups is 1. The Hall–Kier alpha value is -1.63. The summed E-state index contributed by atoms with van der Waals surface area (Å²) < 4.78 is 26.3. The SMILES string of the molecule is CSCC[C@H](NC(=O)c1cc(F)ccc1F)C(=O)O. The molecule has 0 spiro atoms. The van der Waals surface area contributed by atoms with Gasteiger partial charge in [0.2, 0.25) is 0 Å². The highest BCUT2D eigenvalue weighted by molar-refractivity contribution is 7.98. The van der Waals surface area contributed by atoms with E-state index in [2.05, 4.69) is 5.32 Å². The highest BCUT2D eigenvalue weighted by Gasteiger charge is 2.22. The van der Waals surface area contributed by atoms with E-state index in [0.717, 1.165) is 18.2 Å². The number of amides is 1. The van der Waals surface area contributed by atoms with Gasteiger partial charge in [-0.15, -0.1) is 0 Å². The highest BCUT2D eigenvalue weighted by Crippen LogP contribution is 2.10. The van der Waals surface area contributed by atoms with Crippen LogP contribution in [0.4, 0.5) is 8.78 Å². The molecular weight excluding hydrogens is 276 g/mol. The molecule has 104 valence electrons. The lowest BCUT2D eigenvalue weighted by Crippen LogP contribution is -2.41. The van der Waals surface area contributed by atoms with Crippen LogP contribution < -0.4 is 5.32 Å². The first-order valence-corrected chi connectivity index (χ1v) is 6.82. The molecule has 19 heavy (non-hydrogen) atoms. The van der Waals surface area contributed by atoms with E-state index < -0.39 is 35.1 Å². The van der Waals surface area contributed by atoms with E-state index in [0.29, 0.717) is 5.75 Å². The first kappa shape index (κ1) is 15.4. The number of benzene rings is 1. The minimum absolute atomic E-state index is 0.208. The number of rotatable bonds is 6. The normalized spacial score (nSPS) is 11.9. The van der Waals surface area contributed by atoms with Crippen molar-refractivity contribution in [3.05, 3.63) is 35.4 Å². The first-order chi connectivity index (χ1) is 8.95. The van der Waals surface area contributed by atoms with Gasteiger partial charge in [-0.2, -0.15) is 11.8 Å². The van der Waals surface area contributed by atoms with Gasteiger partial charge in [0.25, 0.3) is 5.91 Å². The van der Waals surface area contributed by atoms with Gasteiger partial charge < -0.3 is 10.4 Å². The molecule has 1 rings (SSSR count). The highest BCUT2D eigenvalue weighted by atomic mass is 32.2. The summed E-state index contributed by atoms with van der Waals surface area (Å²) in [6, 6.07) is 1.32. The van der Waals surface area contributed by atoms with Crippen molar-refractivity contribution in [1.82, 2.24) is 5.32 Å². The zero-order chi connectivity index (χ0) is 14.4. The zero-order valence-corrected chi connectivity index (χ0v) is 11.0. The molecule has 0 aromatic heterocycles. The second-order valence-corrected chi connectivity index (χ2v) is 4.76. The molecule has 0 fully saturated rings. The number of hydrogen-bond acceptors (Lipinski definition) is 3. The maximum atomic E-state index is 13.3. The van der Waals surface area contributed by atoms with Crippen molar-refractivity contribution >= 4 is 23.6 Å². The average molecular weight is 289 g/mol. The smallest absolute Gasteiger partial charge is 0.326 e. The molecule has 0 aliphatic rings. The number of carboxylic acid groups (broad SMARTS) is 1. The Morgan fingerprint density at radius 3 is 2.68 bits per heavy atom. The Kier molecular flexibility index (Phi) is 5.75. The van der Waals surface area contributed by atoms with Gasteiger partial charge in [0.1, 0.15) is 17.7 Å². The lowest BCUT2D eigenvalue weighted by atomic mass is 10.1. The van der Waals surface area contributed by atoms with E-state index in [1.54, 1.807) is 6.26 Å². The molecule has 1 aromatic carbocycles. The third kappa shape index (κ3) is 4.51. The van der Waals surface area contributed by atoms with Gasteiger partial charge in [-0.3, -0.25) is 4.79 Å². The summed E-state index contributed by atoms with van der Waals surface area (Å²) in [6.07, 6.45) is 2.01. The molecule has 0 heterocycles. The topological polar surface area (TPSA) is 66.4 Å². The van der Waals surface area contributed by atoms with Crippen molar-refractivity contribution < 1.29 is 23.5 Å². The van der Waals surface area contributed by atoms with Crippen LogP contribution in [0.25, 0.3) is 0 Å². The molecule has 0 saturated carbocycles. The van der Waals surface area contributed by atoms with Gasteiger partial charge in [-0.25, -0.2) is 13.6 Å². The molecule has 2 N–H and O–H groups in total. The second-order valence-electron chi connectivity index (χ2n) is 3.77. The molecule has 0 aliphatic heterocycles. The summed E-state index contributed by atoms with van der Waals surface area (Å²) in [4.78, 5) is 22.6. The molecule has 0 radical (unpaired) electrons. The van der Waals surface area contributed by atoms with E-state index in [-0.39, 0.29) is 6.42 Å². The van der Waals surface area contributed by atoms with E-state index in [1.165, 1.54) is 11.8 Å². The molecular formula is C12H13F2NO3S. The van der Waals surface area contributed by atoms with Gasteiger partial charge >= 0.3 is 5.97 Å². The van der Waals surface area contributed by atoms with Crippen LogP contribution in [0.3, 0.4) is 0 Å². The Morgan fingerprint density at radius 1 is 1.42 bits per heavy atom. The average Bonchev–Trinajstić information content (AvgIpc) is 2.36.